The predicted molar refractivity (Wildman–Crippen MR) is 110 cm³/mol. The van der Waals surface area contributed by atoms with Crippen LogP contribution in [-0.2, 0) is 10.0 Å². The molecule has 3 aromatic rings. The molecule has 0 N–H and O–H groups in total. The zero-order valence-corrected chi connectivity index (χ0v) is 16.6. The lowest BCUT2D eigenvalue weighted by Gasteiger charge is -2.39. The van der Waals surface area contributed by atoms with Crippen LogP contribution >= 0.6 is 11.6 Å². The quantitative estimate of drug-likeness (QED) is 0.662. The zero-order chi connectivity index (χ0) is 19.0. The molecule has 1 aliphatic rings. The Kier molecular flexibility index (Phi) is 4.95. The van der Waals surface area contributed by atoms with E-state index >= 15 is 0 Å². The van der Waals surface area contributed by atoms with Gasteiger partial charge in [-0.15, -0.1) is 0 Å². The molecule has 4 nitrogen and oxygen atoms in total. The van der Waals surface area contributed by atoms with Gasteiger partial charge in [0, 0.05) is 25.0 Å². The van der Waals surface area contributed by atoms with Gasteiger partial charge < -0.3 is 4.90 Å². The third-order valence-corrected chi connectivity index (χ3v) is 7.55. The van der Waals surface area contributed by atoms with E-state index in [-0.39, 0.29) is 16.0 Å². The van der Waals surface area contributed by atoms with Crippen molar-refractivity contribution in [2.24, 2.45) is 0 Å². The molecule has 1 atom stereocenters. The summed E-state index contributed by atoms with van der Waals surface area (Å²) in [6.45, 7) is 1.76. The number of sulfonamides is 1. The molecule has 1 heterocycles. The fourth-order valence-corrected chi connectivity index (χ4v) is 6.05. The third kappa shape index (κ3) is 3.36. The molecule has 0 amide bonds. The van der Waals surface area contributed by atoms with Crippen LogP contribution in [0.3, 0.4) is 0 Å². The van der Waals surface area contributed by atoms with Crippen molar-refractivity contribution in [2.45, 2.75) is 10.9 Å². The molecule has 1 fully saturated rings. The fourth-order valence-electron chi connectivity index (χ4n) is 3.73. The van der Waals surface area contributed by atoms with Crippen molar-refractivity contribution >= 4 is 32.4 Å². The van der Waals surface area contributed by atoms with Crippen molar-refractivity contribution in [1.29, 1.82) is 0 Å². The van der Waals surface area contributed by atoms with Gasteiger partial charge in [-0.25, -0.2) is 8.42 Å². The summed E-state index contributed by atoms with van der Waals surface area (Å²) in [4.78, 5) is 2.36. The minimum absolute atomic E-state index is 0.202. The van der Waals surface area contributed by atoms with Crippen LogP contribution < -0.4 is 0 Å². The molecule has 1 aliphatic heterocycles. The summed E-state index contributed by atoms with van der Waals surface area (Å²) >= 11 is 6.41. The maximum Gasteiger partial charge on any atom is 0.245 e. The summed E-state index contributed by atoms with van der Waals surface area (Å²) in [6, 6.07) is 20.5. The normalized spacial score (nSPS) is 19.4. The minimum atomic E-state index is -3.77. The van der Waals surface area contributed by atoms with E-state index in [0.29, 0.717) is 25.0 Å². The molecular weight excluding hydrogens is 380 g/mol. The van der Waals surface area contributed by atoms with Gasteiger partial charge in [0.15, 0.2) is 0 Å². The number of rotatable bonds is 3. The lowest BCUT2D eigenvalue weighted by Crippen LogP contribution is -2.49. The fraction of sp³-hybridized carbons (Fsp3) is 0.238. The molecule has 0 saturated carbocycles. The molecule has 6 heteroatoms. The lowest BCUT2D eigenvalue weighted by atomic mass is 10.1. The number of likely N-dealkylation sites (N-methyl/N-ethyl adjacent to an activating group) is 1. The van der Waals surface area contributed by atoms with Gasteiger partial charge in [-0.05, 0) is 24.1 Å². The molecule has 1 saturated heterocycles. The second kappa shape index (κ2) is 7.24. The van der Waals surface area contributed by atoms with Gasteiger partial charge in [-0.3, -0.25) is 0 Å². The number of hydrogen-bond acceptors (Lipinski definition) is 3. The number of halogens is 1. The smallest absolute Gasteiger partial charge is 0.245 e. The highest BCUT2D eigenvalue weighted by Gasteiger charge is 2.37. The maximum absolute atomic E-state index is 13.7. The predicted octanol–water partition coefficient (Wildman–Crippen LogP) is 4.17. The van der Waals surface area contributed by atoms with Gasteiger partial charge in [-0.2, -0.15) is 4.31 Å². The van der Waals surface area contributed by atoms with E-state index in [9.17, 15) is 8.42 Å². The van der Waals surface area contributed by atoms with E-state index < -0.39 is 10.0 Å². The number of hydrogen-bond donors (Lipinski definition) is 0. The van der Waals surface area contributed by atoms with Crippen molar-refractivity contribution in [2.75, 3.05) is 26.7 Å². The first kappa shape index (κ1) is 18.4. The molecule has 0 bridgehead atoms. The largest absolute Gasteiger partial charge is 0.303 e. The molecule has 0 aliphatic carbocycles. The Hall–Kier alpha value is -1.92. The highest BCUT2D eigenvalue weighted by atomic mass is 35.5. The monoisotopic (exact) mass is 400 g/mol. The highest BCUT2D eigenvalue weighted by Crippen LogP contribution is 2.37. The third-order valence-electron chi connectivity index (χ3n) is 5.12. The molecule has 0 radical (unpaired) electrons. The maximum atomic E-state index is 13.7. The van der Waals surface area contributed by atoms with Crippen LogP contribution in [0.15, 0.2) is 71.6 Å². The van der Waals surface area contributed by atoms with Crippen LogP contribution in [0.2, 0.25) is 5.02 Å². The second-order valence-electron chi connectivity index (χ2n) is 6.90. The summed E-state index contributed by atoms with van der Waals surface area (Å²) in [5, 5.41) is 1.79. The van der Waals surface area contributed by atoms with Crippen molar-refractivity contribution in [3.8, 4) is 0 Å². The molecule has 1 unspecified atom stereocenters. The molecular formula is C21H21ClN2O2S. The zero-order valence-electron chi connectivity index (χ0n) is 15.0. The average molecular weight is 401 g/mol. The van der Waals surface area contributed by atoms with Gasteiger partial charge >= 0.3 is 0 Å². The molecule has 140 valence electrons. The van der Waals surface area contributed by atoms with E-state index in [1.54, 1.807) is 10.4 Å². The standard InChI is InChI=1S/C21H21ClN2O2S/c1-23-13-14-24(20(15-23)17-8-3-2-4-9-17)27(25,26)21-18-10-6-5-7-16(18)11-12-19(21)22/h2-12,20H,13-15H2,1H3. The Bertz CT molecular complexity index is 1070. The van der Waals surface area contributed by atoms with E-state index in [4.69, 9.17) is 11.6 Å². The Balaban J connectivity index is 1.87. The van der Waals surface area contributed by atoms with Crippen LogP contribution in [0.25, 0.3) is 10.8 Å². The Morgan fingerprint density at radius 1 is 0.926 bits per heavy atom. The summed E-state index contributed by atoms with van der Waals surface area (Å²) in [5.74, 6) is 0. The van der Waals surface area contributed by atoms with Gasteiger partial charge in [0.1, 0.15) is 4.90 Å². The molecule has 0 spiro atoms. The summed E-state index contributed by atoms with van der Waals surface area (Å²) in [6.07, 6.45) is 0. The number of piperazine rings is 1. The number of benzene rings is 3. The van der Waals surface area contributed by atoms with Crippen molar-refractivity contribution < 1.29 is 8.42 Å². The van der Waals surface area contributed by atoms with Crippen molar-refractivity contribution in [3.63, 3.8) is 0 Å². The first-order chi connectivity index (χ1) is 13.0. The average Bonchev–Trinajstić information content (AvgIpc) is 2.68. The number of fused-ring (bicyclic) bond motifs is 1. The van der Waals surface area contributed by atoms with Crippen LogP contribution in [-0.4, -0.2) is 44.3 Å². The van der Waals surface area contributed by atoms with Gasteiger partial charge in [0.05, 0.1) is 11.1 Å². The second-order valence-corrected chi connectivity index (χ2v) is 9.14. The Morgan fingerprint density at radius 3 is 2.41 bits per heavy atom. The topological polar surface area (TPSA) is 40.6 Å². The SMILES string of the molecule is CN1CCN(S(=O)(=O)c2c(Cl)ccc3ccccc23)C(c2ccccc2)C1. The molecule has 0 aromatic heterocycles. The van der Waals surface area contributed by atoms with E-state index in [1.165, 1.54) is 0 Å². The molecule has 3 aromatic carbocycles. The van der Waals surface area contributed by atoms with Crippen molar-refractivity contribution in [1.82, 2.24) is 9.21 Å². The minimum Gasteiger partial charge on any atom is -0.303 e. The van der Waals surface area contributed by atoms with E-state index in [0.717, 1.165) is 10.9 Å². The van der Waals surface area contributed by atoms with Gasteiger partial charge in [0.2, 0.25) is 10.0 Å². The van der Waals surface area contributed by atoms with Crippen LogP contribution in [0.5, 0.6) is 0 Å². The van der Waals surface area contributed by atoms with Crippen LogP contribution in [0, 0.1) is 0 Å². The first-order valence-electron chi connectivity index (χ1n) is 8.91. The lowest BCUT2D eigenvalue weighted by molar-refractivity contribution is 0.161. The van der Waals surface area contributed by atoms with E-state index in [1.807, 2.05) is 67.7 Å². The summed E-state index contributed by atoms with van der Waals surface area (Å²) < 4.78 is 29.1. The molecule has 4 rings (SSSR count). The van der Waals surface area contributed by atoms with Crippen LogP contribution in [0.1, 0.15) is 11.6 Å². The summed E-state index contributed by atoms with van der Waals surface area (Å²) in [5.41, 5.74) is 0.990. The van der Waals surface area contributed by atoms with Gasteiger partial charge in [-0.1, -0.05) is 72.3 Å². The van der Waals surface area contributed by atoms with Crippen molar-refractivity contribution in [3.05, 3.63) is 77.3 Å². The number of nitrogens with zero attached hydrogens (tertiary/aromatic N) is 2. The Morgan fingerprint density at radius 2 is 1.63 bits per heavy atom. The molecule has 27 heavy (non-hydrogen) atoms. The Labute approximate surface area is 165 Å². The van der Waals surface area contributed by atoms with Gasteiger partial charge in [0.25, 0.3) is 0 Å². The first-order valence-corrected chi connectivity index (χ1v) is 10.7. The van der Waals surface area contributed by atoms with E-state index in [2.05, 4.69) is 4.90 Å². The highest BCUT2D eigenvalue weighted by molar-refractivity contribution is 7.89. The summed E-state index contributed by atoms with van der Waals surface area (Å²) in [7, 11) is -1.75. The van der Waals surface area contributed by atoms with Crippen LogP contribution in [0.4, 0.5) is 0 Å².